The molecule has 0 amide bonds. The Morgan fingerprint density at radius 1 is 1.30 bits per heavy atom. The first kappa shape index (κ1) is 15.3. The summed E-state index contributed by atoms with van der Waals surface area (Å²) in [5.74, 6) is 1.36. The summed E-state index contributed by atoms with van der Waals surface area (Å²) < 4.78 is 5.78. The normalized spacial score (nSPS) is 20.0. The zero-order valence-corrected chi connectivity index (χ0v) is 12.1. The molecule has 0 radical (unpaired) electrons. The van der Waals surface area contributed by atoms with Gasteiger partial charge in [0.2, 0.25) is 0 Å². The number of aliphatic hydroxyl groups excluding tert-OH is 1. The molecule has 1 aliphatic rings. The van der Waals surface area contributed by atoms with E-state index in [9.17, 15) is 5.11 Å². The van der Waals surface area contributed by atoms with Crippen LogP contribution >= 0.6 is 0 Å². The van der Waals surface area contributed by atoms with E-state index in [4.69, 9.17) is 10.5 Å². The predicted molar refractivity (Wildman–Crippen MR) is 80.9 cm³/mol. The Hall–Kier alpha value is -1.10. The second kappa shape index (κ2) is 8.25. The molecular formula is C16H26N2O2. The highest BCUT2D eigenvalue weighted by atomic mass is 16.5. The zero-order chi connectivity index (χ0) is 14.2. The Morgan fingerprint density at radius 3 is 2.80 bits per heavy atom. The smallest absolute Gasteiger partial charge is 0.119 e. The minimum Gasteiger partial charge on any atom is -0.492 e. The lowest BCUT2D eigenvalue weighted by Gasteiger charge is -2.31. The minimum atomic E-state index is 0.306. The standard InChI is InChI=1S/C16H26N2O2/c17-8-7-14-3-5-16(6-4-14)20-11-10-18-9-1-2-15(12-18)13-19/h3-6,15,19H,1-2,7-13,17H2. The van der Waals surface area contributed by atoms with E-state index in [-0.39, 0.29) is 0 Å². The highest BCUT2D eigenvalue weighted by Crippen LogP contribution is 2.16. The average Bonchev–Trinajstić information content (AvgIpc) is 2.50. The Morgan fingerprint density at radius 2 is 2.10 bits per heavy atom. The number of hydrogen-bond donors (Lipinski definition) is 2. The van der Waals surface area contributed by atoms with E-state index in [2.05, 4.69) is 17.0 Å². The lowest BCUT2D eigenvalue weighted by Crippen LogP contribution is -2.39. The summed E-state index contributed by atoms with van der Waals surface area (Å²) in [6.07, 6.45) is 3.24. The molecule has 112 valence electrons. The quantitative estimate of drug-likeness (QED) is 0.788. The summed E-state index contributed by atoms with van der Waals surface area (Å²) in [4.78, 5) is 2.38. The monoisotopic (exact) mass is 278 g/mol. The Labute approximate surface area is 121 Å². The van der Waals surface area contributed by atoms with E-state index in [1.165, 1.54) is 12.0 Å². The second-order valence-corrected chi connectivity index (χ2v) is 5.52. The van der Waals surface area contributed by atoms with Crippen LogP contribution in [0.5, 0.6) is 5.75 Å². The van der Waals surface area contributed by atoms with Crippen molar-refractivity contribution in [2.45, 2.75) is 19.3 Å². The number of benzene rings is 1. The van der Waals surface area contributed by atoms with E-state index in [0.717, 1.165) is 38.2 Å². The molecule has 3 N–H and O–H groups in total. The highest BCUT2D eigenvalue weighted by molar-refractivity contribution is 5.27. The average molecular weight is 278 g/mol. The minimum absolute atomic E-state index is 0.306. The van der Waals surface area contributed by atoms with E-state index in [1.54, 1.807) is 0 Å². The molecule has 1 fully saturated rings. The van der Waals surface area contributed by atoms with Crippen molar-refractivity contribution in [3.05, 3.63) is 29.8 Å². The van der Waals surface area contributed by atoms with Crippen LogP contribution in [0, 0.1) is 5.92 Å². The summed E-state index contributed by atoms with van der Waals surface area (Å²) in [6.45, 7) is 4.74. The van der Waals surface area contributed by atoms with Crippen LogP contribution in [0.15, 0.2) is 24.3 Å². The van der Waals surface area contributed by atoms with Crippen molar-refractivity contribution in [1.29, 1.82) is 0 Å². The molecule has 1 heterocycles. The molecule has 4 heteroatoms. The summed E-state index contributed by atoms with van der Waals surface area (Å²) in [5, 5.41) is 9.22. The fraction of sp³-hybridized carbons (Fsp3) is 0.625. The van der Waals surface area contributed by atoms with E-state index >= 15 is 0 Å². The van der Waals surface area contributed by atoms with Gasteiger partial charge in [-0.3, -0.25) is 4.90 Å². The summed E-state index contributed by atoms with van der Waals surface area (Å²) in [5.41, 5.74) is 6.78. The molecule has 4 nitrogen and oxygen atoms in total. The van der Waals surface area contributed by atoms with Crippen LogP contribution < -0.4 is 10.5 Å². The Bertz CT molecular complexity index is 381. The largest absolute Gasteiger partial charge is 0.492 e. The zero-order valence-electron chi connectivity index (χ0n) is 12.1. The first-order valence-corrected chi connectivity index (χ1v) is 7.57. The van der Waals surface area contributed by atoms with Crippen LogP contribution in [0.2, 0.25) is 0 Å². The number of rotatable bonds is 7. The van der Waals surface area contributed by atoms with Gasteiger partial charge in [-0.05, 0) is 56.0 Å². The molecule has 1 aromatic carbocycles. The summed E-state index contributed by atoms with van der Waals surface area (Å²) >= 11 is 0. The number of hydrogen-bond acceptors (Lipinski definition) is 4. The van der Waals surface area contributed by atoms with Crippen LogP contribution in [0.3, 0.4) is 0 Å². The Kier molecular flexibility index (Phi) is 6.30. The molecule has 20 heavy (non-hydrogen) atoms. The number of nitrogens with zero attached hydrogens (tertiary/aromatic N) is 1. The van der Waals surface area contributed by atoms with Gasteiger partial charge in [-0.2, -0.15) is 0 Å². The maximum Gasteiger partial charge on any atom is 0.119 e. The number of nitrogens with two attached hydrogens (primary N) is 1. The molecule has 0 saturated carbocycles. The molecule has 1 aromatic rings. The third-order valence-electron chi connectivity index (χ3n) is 3.89. The molecule has 0 bridgehead atoms. The number of ether oxygens (including phenoxy) is 1. The lowest BCUT2D eigenvalue weighted by molar-refractivity contribution is 0.107. The van der Waals surface area contributed by atoms with Crippen molar-refractivity contribution in [2.75, 3.05) is 39.4 Å². The van der Waals surface area contributed by atoms with Crippen LogP contribution in [0.25, 0.3) is 0 Å². The Balaban J connectivity index is 1.69. The molecule has 1 saturated heterocycles. The van der Waals surface area contributed by atoms with Crippen LogP contribution in [0.1, 0.15) is 18.4 Å². The van der Waals surface area contributed by atoms with Crippen molar-refractivity contribution >= 4 is 0 Å². The van der Waals surface area contributed by atoms with Crippen LogP contribution in [-0.4, -0.2) is 49.4 Å². The number of piperidine rings is 1. The first-order chi connectivity index (χ1) is 9.81. The molecule has 0 aromatic heterocycles. The van der Waals surface area contributed by atoms with Crippen molar-refractivity contribution in [3.8, 4) is 5.75 Å². The second-order valence-electron chi connectivity index (χ2n) is 5.52. The molecule has 2 rings (SSSR count). The van der Waals surface area contributed by atoms with Gasteiger partial charge in [0.25, 0.3) is 0 Å². The van der Waals surface area contributed by atoms with E-state index in [1.807, 2.05) is 12.1 Å². The van der Waals surface area contributed by atoms with Gasteiger partial charge in [-0.1, -0.05) is 12.1 Å². The highest BCUT2D eigenvalue weighted by Gasteiger charge is 2.18. The van der Waals surface area contributed by atoms with Gasteiger partial charge >= 0.3 is 0 Å². The number of aliphatic hydroxyl groups is 1. The van der Waals surface area contributed by atoms with Crippen molar-refractivity contribution in [2.24, 2.45) is 11.7 Å². The fourth-order valence-corrected chi connectivity index (χ4v) is 2.72. The first-order valence-electron chi connectivity index (χ1n) is 7.57. The topological polar surface area (TPSA) is 58.7 Å². The third-order valence-corrected chi connectivity index (χ3v) is 3.89. The van der Waals surface area contributed by atoms with Gasteiger partial charge in [0.15, 0.2) is 0 Å². The molecule has 1 atom stereocenters. The van der Waals surface area contributed by atoms with Gasteiger partial charge in [-0.15, -0.1) is 0 Å². The van der Waals surface area contributed by atoms with Crippen molar-refractivity contribution in [1.82, 2.24) is 4.90 Å². The van der Waals surface area contributed by atoms with Crippen LogP contribution in [-0.2, 0) is 6.42 Å². The van der Waals surface area contributed by atoms with Gasteiger partial charge in [0, 0.05) is 19.7 Å². The summed E-state index contributed by atoms with van der Waals surface area (Å²) in [7, 11) is 0. The van der Waals surface area contributed by atoms with Gasteiger partial charge in [0.05, 0.1) is 0 Å². The van der Waals surface area contributed by atoms with Crippen molar-refractivity contribution in [3.63, 3.8) is 0 Å². The van der Waals surface area contributed by atoms with Crippen molar-refractivity contribution < 1.29 is 9.84 Å². The third kappa shape index (κ3) is 4.78. The summed E-state index contributed by atoms with van der Waals surface area (Å²) in [6, 6.07) is 8.17. The van der Waals surface area contributed by atoms with E-state index < -0.39 is 0 Å². The molecule has 1 unspecified atom stereocenters. The van der Waals surface area contributed by atoms with Crippen LogP contribution in [0.4, 0.5) is 0 Å². The molecule has 0 spiro atoms. The predicted octanol–water partition coefficient (Wildman–Crippen LogP) is 1.27. The fourth-order valence-electron chi connectivity index (χ4n) is 2.72. The van der Waals surface area contributed by atoms with Gasteiger partial charge < -0.3 is 15.6 Å². The molecule has 0 aliphatic carbocycles. The maximum absolute atomic E-state index is 9.22. The van der Waals surface area contributed by atoms with E-state index in [0.29, 0.717) is 25.7 Å². The van der Waals surface area contributed by atoms with Gasteiger partial charge in [0.1, 0.15) is 12.4 Å². The SMILES string of the molecule is NCCc1ccc(OCCN2CCCC(CO)C2)cc1. The molecule has 1 aliphatic heterocycles. The maximum atomic E-state index is 9.22. The van der Waals surface area contributed by atoms with Gasteiger partial charge in [-0.25, -0.2) is 0 Å². The molecular weight excluding hydrogens is 252 g/mol. The lowest BCUT2D eigenvalue weighted by atomic mass is 9.99. The number of likely N-dealkylation sites (tertiary alicyclic amines) is 1.